The molecule has 0 radical (unpaired) electrons. The molecule has 1 aromatic rings. The van der Waals surface area contributed by atoms with Gasteiger partial charge >= 0.3 is 5.97 Å². The van der Waals surface area contributed by atoms with E-state index in [0.717, 1.165) is 6.42 Å². The summed E-state index contributed by atoms with van der Waals surface area (Å²) in [4.78, 5) is 12.1. The lowest BCUT2D eigenvalue weighted by molar-refractivity contribution is -0.160. The van der Waals surface area contributed by atoms with Crippen LogP contribution in [0.2, 0.25) is 0 Å². The molecule has 0 aliphatic rings. The molecule has 0 aromatic heterocycles. The number of ether oxygens (including phenoxy) is 2. The van der Waals surface area contributed by atoms with Crippen LogP contribution in [0.1, 0.15) is 50.5 Å². The number of aryl methyl sites for hydroxylation is 1. The molecule has 0 fully saturated rings. The van der Waals surface area contributed by atoms with Gasteiger partial charge in [-0.15, -0.1) is 0 Å². The number of rotatable bonds is 5. The Hall–Kier alpha value is -1.35. The number of carbonyl (C=O) groups excluding carboxylic acids is 1. The van der Waals surface area contributed by atoms with Crippen LogP contribution >= 0.6 is 0 Å². The first-order chi connectivity index (χ1) is 8.88. The highest BCUT2D eigenvalue weighted by Gasteiger charge is 2.29. The fourth-order valence-electron chi connectivity index (χ4n) is 1.65. The number of hydrogen-bond donors (Lipinski definition) is 0. The Balaban J connectivity index is 2.75. The number of carbonyl (C=O) groups is 1. The molecule has 0 aliphatic carbocycles. The van der Waals surface area contributed by atoms with Crippen LogP contribution in [0, 0.1) is 5.41 Å². The molecule has 1 aromatic carbocycles. The second kappa shape index (κ2) is 6.71. The fourth-order valence-corrected chi connectivity index (χ4v) is 1.65. The highest BCUT2D eigenvalue weighted by atomic mass is 16.7. The Labute approximate surface area is 115 Å². The summed E-state index contributed by atoms with van der Waals surface area (Å²) in [5.74, 6) is -0.337. The van der Waals surface area contributed by atoms with Gasteiger partial charge in [0.1, 0.15) is 0 Å². The molecule has 0 amide bonds. The SMILES string of the molecule is CCOC(OC(=O)c1ccc(CC)cc1)C(C)(C)C. The third-order valence-electron chi connectivity index (χ3n) is 2.84. The first kappa shape index (κ1) is 15.7. The van der Waals surface area contributed by atoms with Crippen LogP contribution in [0.5, 0.6) is 0 Å². The highest BCUT2D eigenvalue weighted by Crippen LogP contribution is 2.24. The Kier molecular flexibility index (Phi) is 5.55. The minimum absolute atomic E-state index is 0.241. The van der Waals surface area contributed by atoms with Crippen LogP contribution in [-0.2, 0) is 15.9 Å². The summed E-state index contributed by atoms with van der Waals surface area (Å²) < 4.78 is 11.0. The molecule has 19 heavy (non-hydrogen) atoms. The van der Waals surface area contributed by atoms with E-state index in [0.29, 0.717) is 12.2 Å². The van der Waals surface area contributed by atoms with Crippen molar-refractivity contribution < 1.29 is 14.3 Å². The van der Waals surface area contributed by atoms with Crippen molar-refractivity contribution in [2.75, 3.05) is 6.61 Å². The maximum Gasteiger partial charge on any atom is 0.340 e. The molecule has 0 bridgehead atoms. The van der Waals surface area contributed by atoms with Gasteiger partial charge in [0.15, 0.2) is 0 Å². The molecular weight excluding hydrogens is 240 g/mol. The molecule has 106 valence electrons. The van der Waals surface area contributed by atoms with Crippen LogP contribution in [0.4, 0.5) is 0 Å². The van der Waals surface area contributed by atoms with Crippen molar-refractivity contribution in [3.8, 4) is 0 Å². The lowest BCUT2D eigenvalue weighted by Gasteiger charge is -2.29. The van der Waals surface area contributed by atoms with Gasteiger partial charge in [-0.2, -0.15) is 0 Å². The van der Waals surface area contributed by atoms with E-state index in [1.54, 1.807) is 12.1 Å². The molecule has 0 spiro atoms. The summed E-state index contributed by atoms with van der Waals surface area (Å²) in [7, 11) is 0. The summed E-state index contributed by atoms with van der Waals surface area (Å²) >= 11 is 0. The number of benzene rings is 1. The third-order valence-corrected chi connectivity index (χ3v) is 2.84. The smallest absolute Gasteiger partial charge is 0.340 e. The fraction of sp³-hybridized carbons (Fsp3) is 0.562. The van der Waals surface area contributed by atoms with Crippen molar-refractivity contribution in [3.05, 3.63) is 35.4 Å². The first-order valence-electron chi connectivity index (χ1n) is 6.80. The standard InChI is InChI=1S/C16H24O3/c1-6-12-8-10-13(11-9-12)14(17)19-15(18-7-2)16(3,4)5/h8-11,15H,6-7H2,1-5H3. The monoisotopic (exact) mass is 264 g/mol. The molecule has 1 rings (SSSR count). The van der Waals surface area contributed by atoms with E-state index < -0.39 is 6.29 Å². The van der Waals surface area contributed by atoms with Crippen molar-refractivity contribution in [1.82, 2.24) is 0 Å². The molecular formula is C16H24O3. The zero-order valence-corrected chi connectivity index (χ0v) is 12.5. The van der Waals surface area contributed by atoms with Gasteiger partial charge in [-0.3, -0.25) is 0 Å². The maximum atomic E-state index is 12.1. The van der Waals surface area contributed by atoms with Crippen LogP contribution in [-0.4, -0.2) is 18.9 Å². The van der Waals surface area contributed by atoms with Crippen molar-refractivity contribution >= 4 is 5.97 Å². The zero-order valence-electron chi connectivity index (χ0n) is 12.5. The van der Waals surface area contributed by atoms with Gasteiger partial charge in [0, 0.05) is 12.0 Å². The molecule has 3 nitrogen and oxygen atoms in total. The summed E-state index contributed by atoms with van der Waals surface area (Å²) in [5.41, 5.74) is 1.52. The molecule has 0 aliphatic heterocycles. The molecule has 0 N–H and O–H groups in total. The predicted octanol–water partition coefficient (Wildman–Crippen LogP) is 3.81. The van der Waals surface area contributed by atoms with E-state index in [9.17, 15) is 4.79 Å². The molecule has 0 heterocycles. The minimum Gasteiger partial charge on any atom is -0.432 e. The molecule has 0 saturated heterocycles. The average molecular weight is 264 g/mol. The van der Waals surface area contributed by atoms with Crippen molar-refractivity contribution in [2.45, 2.75) is 47.3 Å². The van der Waals surface area contributed by atoms with Gasteiger partial charge < -0.3 is 9.47 Å². The number of esters is 1. The second-order valence-electron chi connectivity index (χ2n) is 5.61. The van der Waals surface area contributed by atoms with Gasteiger partial charge in [-0.1, -0.05) is 39.8 Å². The molecule has 3 heteroatoms. The van der Waals surface area contributed by atoms with E-state index in [2.05, 4.69) is 6.92 Å². The van der Waals surface area contributed by atoms with Crippen LogP contribution in [0.3, 0.4) is 0 Å². The Morgan fingerprint density at radius 3 is 2.16 bits per heavy atom. The molecule has 0 saturated carbocycles. The van der Waals surface area contributed by atoms with Gasteiger partial charge in [0.25, 0.3) is 0 Å². The average Bonchev–Trinajstić information content (AvgIpc) is 2.37. The van der Waals surface area contributed by atoms with E-state index in [1.807, 2.05) is 39.8 Å². The Morgan fingerprint density at radius 1 is 1.16 bits per heavy atom. The second-order valence-corrected chi connectivity index (χ2v) is 5.61. The summed E-state index contributed by atoms with van der Waals surface area (Å²) in [6, 6.07) is 7.49. The van der Waals surface area contributed by atoms with Crippen molar-refractivity contribution in [3.63, 3.8) is 0 Å². The van der Waals surface area contributed by atoms with Gasteiger partial charge in [0.05, 0.1) is 5.56 Å². The third kappa shape index (κ3) is 4.67. The highest BCUT2D eigenvalue weighted by molar-refractivity contribution is 5.89. The lowest BCUT2D eigenvalue weighted by atomic mass is 9.96. The minimum atomic E-state index is -0.532. The van der Waals surface area contributed by atoms with Crippen LogP contribution in [0.15, 0.2) is 24.3 Å². The lowest BCUT2D eigenvalue weighted by Crippen LogP contribution is -2.34. The summed E-state index contributed by atoms with van der Waals surface area (Å²) in [6.45, 7) is 10.5. The zero-order chi connectivity index (χ0) is 14.5. The molecule has 1 unspecified atom stereocenters. The van der Waals surface area contributed by atoms with Crippen molar-refractivity contribution in [1.29, 1.82) is 0 Å². The Morgan fingerprint density at radius 2 is 1.74 bits per heavy atom. The van der Waals surface area contributed by atoms with Gasteiger partial charge in [-0.05, 0) is 31.0 Å². The molecule has 1 atom stereocenters. The quantitative estimate of drug-likeness (QED) is 0.599. The Bertz CT molecular complexity index is 401. The normalized spacial score (nSPS) is 13.1. The maximum absolute atomic E-state index is 12.1. The van der Waals surface area contributed by atoms with E-state index in [4.69, 9.17) is 9.47 Å². The largest absolute Gasteiger partial charge is 0.432 e. The van der Waals surface area contributed by atoms with Gasteiger partial charge in [-0.25, -0.2) is 4.79 Å². The predicted molar refractivity (Wildman–Crippen MR) is 76.1 cm³/mol. The topological polar surface area (TPSA) is 35.5 Å². The number of hydrogen-bond acceptors (Lipinski definition) is 3. The van der Waals surface area contributed by atoms with Crippen molar-refractivity contribution in [2.24, 2.45) is 5.41 Å². The summed E-state index contributed by atoms with van der Waals surface area (Å²) in [6.07, 6.45) is 0.426. The van der Waals surface area contributed by atoms with E-state index in [1.165, 1.54) is 5.56 Å². The van der Waals surface area contributed by atoms with E-state index in [-0.39, 0.29) is 11.4 Å². The van der Waals surface area contributed by atoms with Crippen LogP contribution in [0.25, 0.3) is 0 Å². The van der Waals surface area contributed by atoms with Gasteiger partial charge in [0.2, 0.25) is 6.29 Å². The van der Waals surface area contributed by atoms with E-state index >= 15 is 0 Å². The summed E-state index contributed by atoms with van der Waals surface area (Å²) in [5, 5.41) is 0. The first-order valence-corrected chi connectivity index (χ1v) is 6.80. The van der Waals surface area contributed by atoms with Crippen LogP contribution < -0.4 is 0 Å².